The normalized spacial score (nSPS) is 10.1. The first-order chi connectivity index (χ1) is 8.58. The molecule has 0 saturated heterocycles. The highest BCUT2D eigenvalue weighted by atomic mass is 19.1. The lowest BCUT2D eigenvalue weighted by molar-refractivity contribution is 0.209. The topological polar surface area (TPSA) is 49.3 Å². The first-order valence-electron chi connectivity index (χ1n) is 5.12. The molecule has 2 aromatic rings. The van der Waals surface area contributed by atoms with Crippen LogP contribution in [0.25, 0.3) is 11.1 Å². The summed E-state index contributed by atoms with van der Waals surface area (Å²) >= 11 is 0. The van der Waals surface area contributed by atoms with Gasteiger partial charge in [-0.25, -0.2) is 13.6 Å². The Morgan fingerprint density at radius 3 is 2.28 bits per heavy atom. The van der Waals surface area contributed by atoms with Gasteiger partial charge in [0.1, 0.15) is 11.6 Å². The van der Waals surface area contributed by atoms with Crippen molar-refractivity contribution in [1.29, 1.82) is 0 Å². The van der Waals surface area contributed by atoms with E-state index in [0.29, 0.717) is 0 Å². The molecule has 0 bridgehead atoms. The second-order valence-electron chi connectivity index (χ2n) is 3.60. The fourth-order valence-electron chi connectivity index (χ4n) is 1.61. The molecule has 3 nitrogen and oxygen atoms in total. The fourth-order valence-corrected chi connectivity index (χ4v) is 1.61. The minimum atomic E-state index is -1.28. The lowest BCUT2D eigenvalue weighted by Gasteiger charge is -2.07. The second-order valence-corrected chi connectivity index (χ2v) is 3.60. The maximum Gasteiger partial charge on any atom is 0.409 e. The first-order valence-corrected chi connectivity index (χ1v) is 5.12. The Bertz CT molecular complexity index is 599. The van der Waals surface area contributed by atoms with Crippen LogP contribution >= 0.6 is 0 Å². The third-order valence-corrected chi connectivity index (χ3v) is 2.38. The highest BCUT2D eigenvalue weighted by molar-refractivity contribution is 5.83. The number of benzene rings is 2. The Balaban J connectivity index is 2.42. The fraction of sp³-hybridized carbons (Fsp3) is 0. The number of hydrogen-bond donors (Lipinski definition) is 2. The van der Waals surface area contributed by atoms with E-state index >= 15 is 0 Å². The van der Waals surface area contributed by atoms with E-state index in [1.165, 1.54) is 30.3 Å². The lowest BCUT2D eigenvalue weighted by Crippen LogP contribution is -2.07. The van der Waals surface area contributed by atoms with Crippen LogP contribution in [0.3, 0.4) is 0 Å². The van der Waals surface area contributed by atoms with Crippen LogP contribution in [0.5, 0.6) is 0 Å². The summed E-state index contributed by atoms with van der Waals surface area (Å²) < 4.78 is 27.3. The van der Waals surface area contributed by atoms with Crippen LogP contribution in [0.2, 0.25) is 0 Å². The first kappa shape index (κ1) is 12.0. The van der Waals surface area contributed by atoms with Gasteiger partial charge in [-0.1, -0.05) is 18.2 Å². The van der Waals surface area contributed by atoms with Crippen LogP contribution in [-0.2, 0) is 0 Å². The zero-order valence-corrected chi connectivity index (χ0v) is 9.15. The van der Waals surface area contributed by atoms with Gasteiger partial charge in [-0.05, 0) is 24.3 Å². The SMILES string of the molecule is O=C(O)Nc1ccc(-c2ccccc2F)c(F)c1. The van der Waals surface area contributed by atoms with Crippen molar-refractivity contribution in [3.8, 4) is 11.1 Å². The predicted molar refractivity (Wildman–Crippen MR) is 63.4 cm³/mol. The van der Waals surface area contributed by atoms with Crippen molar-refractivity contribution in [3.63, 3.8) is 0 Å². The number of nitrogens with one attached hydrogen (secondary N) is 1. The summed E-state index contributed by atoms with van der Waals surface area (Å²) in [6.07, 6.45) is -1.28. The predicted octanol–water partition coefficient (Wildman–Crippen LogP) is 3.72. The Morgan fingerprint density at radius 2 is 1.67 bits per heavy atom. The molecular weight excluding hydrogens is 240 g/mol. The quantitative estimate of drug-likeness (QED) is 0.852. The molecule has 2 N–H and O–H groups in total. The van der Waals surface area contributed by atoms with Gasteiger partial charge in [0.25, 0.3) is 0 Å². The lowest BCUT2D eigenvalue weighted by atomic mass is 10.0. The summed E-state index contributed by atoms with van der Waals surface area (Å²) in [4.78, 5) is 10.4. The Morgan fingerprint density at radius 1 is 1.00 bits per heavy atom. The van der Waals surface area contributed by atoms with E-state index in [9.17, 15) is 13.6 Å². The van der Waals surface area contributed by atoms with Gasteiger partial charge in [0.05, 0.1) is 0 Å². The molecule has 5 heteroatoms. The molecule has 2 aromatic carbocycles. The number of anilines is 1. The number of carboxylic acid groups (broad SMARTS) is 1. The molecule has 92 valence electrons. The number of hydrogen-bond acceptors (Lipinski definition) is 1. The molecule has 0 unspecified atom stereocenters. The van der Waals surface area contributed by atoms with Crippen LogP contribution in [0.1, 0.15) is 0 Å². The van der Waals surface area contributed by atoms with E-state index in [0.717, 1.165) is 6.07 Å². The van der Waals surface area contributed by atoms with Gasteiger partial charge in [0.15, 0.2) is 0 Å². The molecule has 1 amide bonds. The van der Waals surface area contributed by atoms with Crippen molar-refractivity contribution in [2.24, 2.45) is 0 Å². The summed E-state index contributed by atoms with van der Waals surface area (Å²) in [5.74, 6) is -1.22. The number of halogens is 2. The molecule has 0 aliphatic carbocycles. The standard InChI is InChI=1S/C13H9F2NO2/c14-11-4-2-1-3-9(11)10-6-5-8(7-12(10)15)16-13(17)18/h1-7,16H,(H,17,18). The Labute approximate surface area is 102 Å². The van der Waals surface area contributed by atoms with Gasteiger partial charge in [-0.3, -0.25) is 5.32 Å². The number of amides is 1. The third-order valence-electron chi connectivity index (χ3n) is 2.38. The van der Waals surface area contributed by atoms with E-state index in [2.05, 4.69) is 0 Å². The molecule has 0 aliphatic rings. The van der Waals surface area contributed by atoms with E-state index in [4.69, 9.17) is 5.11 Å². The van der Waals surface area contributed by atoms with Crippen molar-refractivity contribution in [2.45, 2.75) is 0 Å². The summed E-state index contributed by atoms with van der Waals surface area (Å²) in [6, 6.07) is 9.52. The van der Waals surface area contributed by atoms with E-state index in [-0.39, 0.29) is 16.8 Å². The molecular formula is C13H9F2NO2. The smallest absolute Gasteiger partial charge is 0.409 e. The largest absolute Gasteiger partial charge is 0.465 e. The van der Waals surface area contributed by atoms with Gasteiger partial charge in [0.2, 0.25) is 0 Å². The zero-order valence-electron chi connectivity index (χ0n) is 9.15. The summed E-state index contributed by atoms with van der Waals surface area (Å²) in [5, 5.41) is 10.5. The Kier molecular flexibility index (Phi) is 3.23. The minimum absolute atomic E-state index is 0.0871. The van der Waals surface area contributed by atoms with Crippen LogP contribution < -0.4 is 5.32 Å². The average Bonchev–Trinajstić information content (AvgIpc) is 2.30. The molecule has 2 rings (SSSR count). The molecule has 0 radical (unpaired) electrons. The Hall–Kier alpha value is -2.43. The zero-order chi connectivity index (χ0) is 13.1. The van der Waals surface area contributed by atoms with Gasteiger partial charge in [0, 0.05) is 16.8 Å². The van der Waals surface area contributed by atoms with E-state index < -0.39 is 17.7 Å². The maximum absolute atomic E-state index is 13.8. The van der Waals surface area contributed by atoms with Crippen molar-refractivity contribution < 1.29 is 18.7 Å². The average molecular weight is 249 g/mol. The maximum atomic E-state index is 13.8. The summed E-state index contributed by atoms with van der Waals surface area (Å²) in [7, 11) is 0. The highest BCUT2D eigenvalue weighted by Gasteiger charge is 2.10. The molecule has 0 aromatic heterocycles. The molecule has 18 heavy (non-hydrogen) atoms. The van der Waals surface area contributed by atoms with Crippen molar-refractivity contribution in [3.05, 3.63) is 54.1 Å². The molecule has 0 spiro atoms. The molecule has 0 fully saturated rings. The number of rotatable bonds is 2. The molecule has 0 saturated carbocycles. The minimum Gasteiger partial charge on any atom is -0.465 e. The van der Waals surface area contributed by atoms with Crippen LogP contribution in [-0.4, -0.2) is 11.2 Å². The third kappa shape index (κ3) is 2.45. The summed E-state index contributed by atoms with van der Waals surface area (Å²) in [5.41, 5.74) is 0.320. The van der Waals surface area contributed by atoms with Crippen LogP contribution in [0, 0.1) is 11.6 Å². The van der Waals surface area contributed by atoms with E-state index in [1.54, 1.807) is 6.07 Å². The van der Waals surface area contributed by atoms with Crippen molar-refractivity contribution >= 4 is 11.8 Å². The molecule has 0 aliphatic heterocycles. The van der Waals surface area contributed by atoms with Crippen LogP contribution in [0.15, 0.2) is 42.5 Å². The van der Waals surface area contributed by atoms with Crippen molar-refractivity contribution in [2.75, 3.05) is 5.32 Å². The van der Waals surface area contributed by atoms with Gasteiger partial charge in [-0.15, -0.1) is 0 Å². The monoisotopic (exact) mass is 249 g/mol. The van der Waals surface area contributed by atoms with Crippen molar-refractivity contribution in [1.82, 2.24) is 0 Å². The van der Waals surface area contributed by atoms with Gasteiger partial charge in [-0.2, -0.15) is 0 Å². The van der Waals surface area contributed by atoms with Gasteiger partial charge < -0.3 is 5.11 Å². The highest BCUT2D eigenvalue weighted by Crippen LogP contribution is 2.27. The molecule has 0 heterocycles. The second kappa shape index (κ2) is 4.83. The molecule has 0 atom stereocenters. The summed E-state index contributed by atoms with van der Waals surface area (Å²) in [6.45, 7) is 0. The van der Waals surface area contributed by atoms with Gasteiger partial charge >= 0.3 is 6.09 Å². The van der Waals surface area contributed by atoms with Crippen LogP contribution in [0.4, 0.5) is 19.3 Å². The number of carbonyl (C=O) groups is 1. The van der Waals surface area contributed by atoms with E-state index in [1.807, 2.05) is 5.32 Å².